The number of nitrogens with zero attached hydrogens (tertiary/aromatic N) is 1. The number of nitrogens with one attached hydrogen (secondary N) is 2. The lowest BCUT2D eigenvalue weighted by Gasteiger charge is -2.10. The third kappa shape index (κ3) is 5.31. The Bertz CT molecular complexity index is 1270. The molecule has 0 aromatic heterocycles. The Morgan fingerprint density at radius 1 is 0.871 bits per heavy atom. The molecule has 0 radical (unpaired) electrons. The molecule has 0 fully saturated rings. The number of non-ortho nitro benzene ring substituents is 1. The second kappa shape index (κ2) is 8.76. The van der Waals surface area contributed by atoms with Crippen LogP contribution in [-0.4, -0.2) is 25.0 Å². The number of benzene rings is 3. The second-order valence-electron chi connectivity index (χ2n) is 6.53. The molecule has 0 aliphatic rings. The number of amides is 1. The lowest BCUT2D eigenvalue weighted by atomic mass is 10.1. The van der Waals surface area contributed by atoms with E-state index in [4.69, 9.17) is 0 Å². The topological polar surface area (TPSA) is 135 Å². The summed E-state index contributed by atoms with van der Waals surface area (Å²) in [7, 11) is -4.02. The summed E-state index contributed by atoms with van der Waals surface area (Å²) in [6.45, 7) is 1.38. The van der Waals surface area contributed by atoms with Crippen molar-refractivity contribution in [2.24, 2.45) is 0 Å². The van der Waals surface area contributed by atoms with Crippen LogP contribution in [0, 0.1) is 10.1 Å². The van der Waals surface area contributed by atoms with Crippen molar-refractivity contribution in [1.29, 1.82) is 0 Å². The summed E-state index contributed by atoms with van der Waals surface area (Å²) in [4.78, 5) is 34.0. The van der Waals surface area contributed by atoms with Crippen molar-refractivity contribution in [1.82, 2.24) is 0 Å². The van der Waals surface area contributed by atoms with E-state index in [2.05, 4.69) is 10.0 Å². The Morgan fingerprint density at radius 3 is 2.16 bits per heavy atom. The molecule has 31 heavy (non-hydrogen) atoms. The summed E-state index contributed by atoms with van der Waals surface area (Å²) in [5.41, 5.74) is 0.859. The van der Waals surface area contributed by atoms with Crippen LogP contribution in [0.25, 0.3) is 0 Å². The maximum absolute atomic E-state index is 12.7. The van der Waals surface area contributed by atoms with E-state index in [1.54, 1.807) is 12.1 Å². The summed E-state index contributed by atoms with van der Waals surface area (Å²) in [6, 6.07) is 16.7. The van der Waals surface area contributed by atoms with Crippen molar-refractivity contribution in [3.8, 4) is 0 Å². The fourth-order valence-corrected chi connectivity index (χ4v) is 3.78. The first-order valence-electron chi connectivity index (χ1n) is 8.95. The number of nitro benzene ring substituents is 1. The number of sulfonamides is 1. The van der Waals surface area contributed by atoms with Crippen LogP contribution in [0.2, 0.25) is 0 Å². The standard InChI is InChI=1S/C21H17N3O6S/c1-14(25)15-4-2-6-18(12-15)23-31(29,30)20-7-3-5-16(13-20)21(26)22-17-8-10-19(11-9-17)24(27)28/h2-13,23H,1H3,(H,22,26). The van der Waals surface area contributed by atoms with Crippen LogP contribution in [0.5, 0.6) is 0 Å². The van der Waals surface area contributed by atoms with E-state index >= 15 is 0 Å². The number of carbonyl (C=O) groups is 2. The number of carbonyl (C=O) groups excluding carboxylic acids is 2. The van der Waals surface area contributed by atoms with Crippen LogP contribution >= 0.6 is 0 Å². The number of hydrogen-bond acceptors (Lipinski definition) is 6. The summed E-state index contributed by atoms with van der Waals surface area (Å²) in [5.74, 6) is -0.782. The number of rotatable bonds is 7. The third-order valence-electron chi connectivity index (χ3n) is 4.26. The minimum absolute atomic E-state index is 0.0821. The van der Waals surface area contributed by atoms with Gasteiger partial charge in [-0.25, -0.2) is 8.42 Å². The minimum atomic E-state index is -4.02. The highest BCUT2D eigenvalue weighted by atomic mass is 32.2. The Morgan fingerprint density at radius 2 is 1.52 bits per heavy atom. The van der Waals surface area contributed by atoms with Crippen LogP contribution < -0.4 is 10.0 Å². The molecule has 2 N–H and O–H groups in total. The molecule has 0 aliphatic carbocycles. The van der Waals surface area contributed by atoms with Crippen LogP contribution in [0.15, 0.2) is 77.7 Å². The molecule has 1 amide bonds. The fraction of sp³-hybridized carbons (Fsp3) is 0.0476. The number of nitro groups is 1. The van der Waals surface area contributed by atoms with Gasteiger partial charge in [-0.15, -0.1) is 0 Å². The van der Waals surface area contributed by atoms with Gasteiger partial charge in [-0.3, -0.25) is 24.4 Å². The van der Waals surface area contributed by atoms with Gasteiger partial charge < -0.3 is 5.32 Å². The molecule has 0 saturated heterocycles. The highest BCUT2D eigenvalue weighted by Crippen LogP contribution is 2.20. The van der Waals surface area contributed by atoms with Crippen LogP contribution in [0.4, 0.5) is 17.1 Å². The molecule has 10 heteroatoms. The molecule has 9 nitrogen and oxygen atoms in total. The molecule has 0 unspecified atom stereocenters. The predicted octanol–water partition coefficient (Wildman–Crippen LogP) is 3.85. The maximum atomic E-state index is 12.7. The van der Waals surface area contributed by atoms with E-state index in [0.717, 1.165) is 0 Å². The zero-order valence-corrected chi connectivity index (χ0v) is 17.0. The van der Waals surface area contributed by atoms with E-state index < -0.39 is 20.9 Å². The molecule has 0 bridgehead atoms. The quantitative estimate of drug-likeness (QED) is 0.326. The largest absolute Gasteiger partial charge is 0.322 e. The van der Waals surface area contributed by atoms with Gasteiger partial charge in [-0.1, -0.05) is 18.2 Å². The molecule has 0 heterocycles. The van der Waals surface area contributed by atoms with Gasteiger partial charge >= 0.3 is 0 Å². The Labute approximate surface area is 177 Å². The number of Topliss-reactive ketones (excluding diaryl/α,β-unsaturated/α-hetero) is 1. The zero-order valence-electron chi connectivity index (χ0n) is 16.2. The van der Waals surface area contributed by atoms with Crippen molar-refractivity contribution in [3.63, 3.8) is 0 Å². The van der Waals surface area contributed by atoms with Gasteiger partial charge in [0.25, 0.3) is 21.6 Å². The molecular formula is C21H17N3O6S. The number of hydrogen-bond donors (Lipinski definition) is 2. The highest BCUT2D eigenvalue weighted by Gasteiger charge is 2.17. The van der Waals surface area contributed by atoms with Crippen molar-refractivity contribution >= 4 is 38.8 Å². The molecule has 3 aromatic rings. The Kier molecular flexibility index (Phi) is 6.12. The van der Waals surface area contributed by atoms with Gasteiger partial charge in [0.15, 0.2) is 5.78 Å². The van der Waals surface area contributed by atoms with Gasteiger partial charge in [0.2, 0.25) is 0 Å². The van der Waals surface area contributed by atoms with Crippen LogP contribution in [0.1, 0.15) is 27.6 Å². The molecule has 158 valence electrons. The molecule has 0 aliphatic heterocycles. The number of anilines is 2. The normalized spacial score (nSPS) is 10.9. The van der Waals surface area contributed by atoms with Crippen LogP contribution in [-0.2, 0) is 10.0 Å². The van der Waals surface area contributed by atoms with E-state index in [1.807, 2.05) is 0 Å². The van der Waals surface area contributed by atoms with Crippen LogP contribution in [0.3, 0.4) is 0 Å². The summed E-state index contributed by atoms with van der Waals surface area (Å²) >= 11 is 0. The van der Waals surface area contributed by atoms with Crippen molar-refractivity contribution in [2.45, 2.75) is 11.8 Å². The van der Waals surface area contributed by atoms with E-state index in [-0.39, 0.29) is 27.6 Å². The first-order chi connectivity index (χ1) is 14.7. The number of ketones is 1. The average molecular weight is 439 g/mol. The fourth-order valence-electron chi connectivity index (χ4n) is 2.69. The summed E-state index contributed by atoms with van der Waals surface area (Å²) in [6.07, 6.45) is 0. The van der Waals surface area contributed by atoms with E-state index in [9.17, 15) is 28.1 Å². The first kappa shape index (κ1) is 21.7. The van der Waals surface area contributed by atoms with Gasteiger partial charge in [0, 0.05) is 34.6 Å². The Hall–Kier alpha value is -4.05. The highest BCUT2D eigenvalue weighted by molar-refractivity contribution is 7.92. The minimum Gasteiger partial charge on any atom is -0.322 e. The maximum Gasteiger partial charge on any atom is 0.269 e. The van der Waals surface area contributed by atoms with Gasteiger partial charge in [0.1, 0.15) is 0 Å². The van der Waals surface area contributed by atoms with E-state index in [1.165, 1.54) is 67.6 Å². The van der Waals surface area contributed by atoms with Gasteiger partial charge in [-0.05, 0) is 49.4 Å². The summed E-state index contributed by atoms with van der Waals surface area (Å²) < 4.78 is 27.8. The average Bonchev–Trinajstić information content (AvgIpc) is 2.74. The van der Waals surface area contributed by atoms with Gasteiger partial charge in [-0.2, -0.15) is 0 Å². The lowest BCUT2D eigenvalue weighted by molar-refractivity contribution is -0.384. The van der Waals surface area contributed by atoms with Gasteiger partial charge in [0.05, 0.1) is 9.82 Å². The molecular weight excluding hydrogens is 422 g/mol. The van der Waals surface area contributed by atoms with Crippen molar-refractivity contribution < 1.29 is 22.9 Å². The molecule has 0 saturated carbocycles. The van der Waals surface area contributed by atoms with Crippen molar-refractivity contribution in [2.75, 3.05) is 10.0 Å². The lowest BCUT2D eigenvalue weighted by Crippen LogP contribution is -2.16. The molecule has 0 spiro atoms. The third-order valence-corrected chi connectivity index (χ3v) is 5.64. The van der Waals surface area contributed by atoms with Crippen molar-refractivity contribution in [3.05, 3.63) is 94.0 Å². The second-order valence-corrected chi connectivity index (χ2v) is 8.21. The molecule has 3 rings (SSSR count). The predicted molar refractivity (Wildman–Crippen MR) is 115 cm³/mol. The molecule has 0 atom stereocenters. The monoisotopic (exact) mass is 439 g/mol. The first-order valence-corrected chi connectivity index (χ1v) is 10.4. The Balaban J connectivity index is 1.79. The SMILES string of the molecule is CC(=O)c1cccc(NS(=O)(=O)c2cccc(C(=O)Nc3ccc([N+](=O)[O-])cc3)c2)c1. The smallest absolute Gasteiger partial charge is 0.269 e. The summed E-state index contributed by atoms with van der Waals surface area (Å²) in [5, 5.41) is 13.3. The zero-order chi connectivity index (χ0) is 22.6. The van der Waals surface area contributed by atoms with E-state index in [0.29, 0.717) is 11.3 Å². The molecule has 3 aromatic carbocycles.